The number of hydrogen-bond donors (Lipinski definition) is 1. The molecule has 172 valence electrons. The second-order valence-electron chi connectivity index (χ2n) is 8.78. The van der Waals surface area contributed by atoms with Crippen molar-refractivity contribution in [3.8, 4) is 0 Å². The van der Waals surface area contributed by atoms with E-state index in [9.17, 15) is 18.0 Å². The van der Waals surface area contributed by atoms with Crippen LogP contribution in [0, 0.1) is 0 Å². The van der Waals surface area contributed by atoms with Crippen LogP contribution in [0.15, 0.2) is 41.5 Å². The van der Waals surface area contributed by atoms with E-state index in [-0.39, 0.29) is 11.1 Å². The fraction of sp³-hybridized carbons (Fsp3) is 0.417. The zero-order valence-electron chi connectivity index (χ0n) is 18.6. The van der Waals surface area contributed by atoms with Crippen LogP contribution in [0.2, 0.25) is 5.02 Å². The molecule has 2 aromatic rings. The van der Waals surface area contributed by atoms with Crippen LogP contribution in [0.25, 0.3) is 0 Å². The van der Waals surface area contributed by atoms with E-state index in [2.05, 4.69) is 43.1 Å². The highest BCUT2D eigenvalue weighted by Gasteiger charge is 2.36. The van der Waals surface area contributed by atoms with Gasteiger partial charge in [0, 0.05) is 28.9 Å². The molecule has 0 aromatic heterocycles. The van der Waals surface area contributed by atoms with Crippen LogP contribution in [0.4, 0.5) is 18.9 Å². The first-order valence-corrected chi connectivity index (χ1v) is 10.9. The molecule has 0 aliphatic carbocycles. The summed E-state index contributed by atoms with van der Waals surface area (Å²) >= 11 is 6.52. The summed E-state index contributed by atoms with van der Waals surface area (Å²) in [5.74, 6) is -0.414. The Kier molecular flexibility index (Phi) is 6.89. The minimum absolute atomic E-state index is 0.0142. The molecule has 0 spiro atoms. The number of anilines is 1. The lowest BCUT2D eigenvalue weighted by atomic mass is 9.79. The van der Waals surface area contributed by atoms with Gasteiger partial charge in [0.25, 0.3) is 5.91 Å². The predicted molar refractivity (Wildman–Crippen MR) is 123 cm³/mol. The number of fused-ring (bicyclic) bond motifs is 1. The summed E-state index contributed by atoms with van der Waals surface area (Å²) in [4.78, 5) is 14.6. The number of nitrogens with zero attached hydrogens (tertiary/aromatic N) is 2. The van der Waals surface area contributed by atoms with E-state index in [1.165, 1.54) is 18.3 Å². The van der Waals surface area contributed by atoms with Gasteiger partial charge in [0.15, 0.2) is 0 Å². The third-order valence-electron chi connectivity index (χ3n) is 5.77. The summed E-state index contributed by atoms with van der Waals surface area (Å²) in [7, 11) is 0. The molecule has 4 nitrogen and oxygen atoms in total. The molecular formula is C24H27ClF3N3O. The number of rotatable bonds is 5. The Morgan fingerprint density at radius 3 is 2.69 bits per heavy atom. The summed E-state index contributed by atoms with van der Waals surface area (Å²) in [6.45, 7) is 9.70. The first-order chi connectivity index (χ1) is 14.9. The van der Waals surface area contributed by atoms with Crippen LogP contribution in [0.1, 0.15) is 73.5 Å². The van der Waals surface area contributed by atoms with E-state index in [0.717, 1.165) is 42.8 Å². The van der Waals surface area contributed by atoms with Crippen molar-refractivity contribution in [2.45, 2.75) is 58.2 Å². The number of hydrogen-bond acceptors (Lipinski definition) is 3. The van der Waals surface area contributed by atoms with E-state index >= 15 is 0 Å². The van der Waals surface area contributed by atoms with Gasteiger partial charge in [-0.05, 0) is 68.5 Å². The average molecular weight is 466 g/mol. The van der Waals surface area contributed by atoms with Crippen molar-refractivity contribution in [2.24, 2.45) is 5.10 Å². The Balaban J connectivity index is 1.82. The first kappa shape index (κ1) is 24.1. The molecule has 1 unspecified atom stereocenters. The lowest BCUT2D eigenvalue weighted by Gasteiger charge is -2.47. The van der Waals surface area contributed by atoms with E-state index in [0.29, 0.717) is 16.5 Å². The largest absolute Gasteiger partial charge is 0.416 e. The van der Waals surface area contributed by atoms with Crippen molar-refractivity contribution in [2.75, 3.05) is 11.4 Å². The van der Waals surface area contributed by atoms with Crippen molar-refractivity contribution in [1.29, 1.82) is 0 Å². The fourth-order valence-corrected chi connectivity index (χ4v) is 4.54. The number of carbonyl (C=O) groups excluding carboxylic acids is 1. The number of alkyl halides is 3. The van der Waals surface area contributed by atoms with Gasteiger partial charge in [0.05, 0.1) is 16.8 Å². The summed E-state index contributed by atoms with van der Waals surface area (Å²) in [6, 6.07) is 8.10. The summed E-state index contributed by atoms with van der Waals surface area (Å²) in [5.41, 5.74) is 4.18. The van der Waals surface area contributed by atoms with Crippen LogP contribution >= 0.6 is 11.6 Å². The number of halogens is 4. The molecule has 1 atom stereocenters. The summed E-state index contributed by atoms with van der Waals surface area (Å²) in [6.07, 6.45) is -1.10. The second kappa shape index (κ2) is 9.14. The SMILES string of the molecule is CCCN1c2cc(Cl)c(/C=N\NC(=O)c3cccc(C(F)(F)F)c3)cc2C(C)CC1(C)C. The van der Waals surface area contributed by atoms with Gasteiger partial charge < -0.3 is 4.90 Å². The van der Waals surface area contributed by atoms with E-state index < -0.39 is 17.6 Å². The predicted octanol–water partition coefficient (Wildman–Crippen LogP) is 6.62. The molecule has 0 bridgehead atoms. The van der Waals surface area contributed by atoms with Gasteiger partial charge in [-0.3, -0.25) is 4.79 Å². The molecule has 1 heterocycles. The average Bonchev–Trinajstić information content (AvgIpc) is 2.71. The number of amides is 1. The number of benzene rings is 2. The molecule has 0 fully saturated rings. The maximum absolute atomic E-state index is 12.9. The maximum Gasteiger partial charge on any atom is 0.416 e. The van der Waals surface area contributed by atoms with Gasteiger partial charge in [-0.1, -0.05) is 31.5 Å². The Bertz CT molecular complexity index is 1030. The van der Waals surface area contributed by atoms with Crippen molar-refractivity contribution in [1.82, 2.24) is 5.43 Å². The highest BCUT2D eigenvalue weighted by molar-refractivity contribution is 6.33. The van der Waals surface area contributed by atoms with Gasteiger partial charge in [-0.15, -0.1) is 0 Å². The third kappa shape index (κ3) is 5.09. The van der Waals surface area contributed by atoms with Crippen LogP contribution in [0.5, 0.6) is 0 Å². The van der Waals surface area contributed by atoms with Gasteiger partial charge in [-0.2, -0.15) is 18.3 Å². The molecule has 2 aromatic carbocycles. The molecule has 3 rings (SSSR count). The summed E-state index contributed by atoms with van der Waals surface area (Å²) < 4.78 is 38.6. The topological polar surface area (TPSA) is 44.7 Å². The van der Waals surface area contributed by atoms with Crippen molar-refractivity contribution in [3.63, 3.8) is 0 Å². The highest BCUT2D eigenvalue weighted by atomic mass is 35.5. The molecule has 0 saturated heterocycles. The molecule has 1 aliphatic rings. The normalized spacial score (nSPS) is 18.0. The van der Waals surface area contributed by atoms with Crippen molar-refractivity contribution >= 4 is 29.4 Å². The first-order valence-electron chi connectivity index (χ1n) is 10.6. The van der Waals surface area contributed by atoms with Crippen LogP contribution < -0.4 is 10.3 Å². The third-order valence-corrected chi connectivity index (χ3v) is 6.10. The Morgan fingerprint density at radius 1 is 1.31 bits per heavy atom. The quantitative estimate of drug-likeness (QED) is 0.398. The van der Waals surface area contributed by atoms with E-state index in [4.69, 9.17) is 11.6 Å². The lowest BCUT2D eigenvalue weighted by Crippen LogP contribution is -2.48. The van der Waals surface area contributed by atoms with E-state index in [1.54, 1.807) is 0 Å². The Labute approximate surface area is 191 Å². The highest BCUT2D eigenvalue weighted by Crippen LogP contribution is 2.45. The summed E-state index contributed by atoms with van der Waals surface area (Å²) in [5, 5.41) is 4.42. The minimum Gasteiger partial charge on any atom is -0.366 e. The van der Waals surface area contributed by atoms with Gasteiger partial charge in [0.1, 0.15) is 0 Å². The van der Waals surface area contributed by atoms with Crippen LogP contribution in [-0.2, 0) is 6.18 Å². The molecule has 8 heteroatoms. The molecule has 1 aliphatic heterocycles. The van der Waals surface area contributed by atoms with Gasteiger partial charge in [-0.25, -0.2) is 5.43 Å². The van der Waals surface area contributed by atoms with Crippen LogP contribution in [0.3, 0.4) is 0 Å². The molecule has 0 saturated carbocycles. The zero-order valence-corrected chi connectivity index (χ0v) is 19.3. The lowest BCUT2D eigenvalue weighted by molar-refractivity contribution is -0.137. The minimum atomic E-state index is -4.52. The maximum atomic E-state index is 12.9. The van der Waals surface area contributed by atoms with Gasteiger partial charge in [0.2, 0.25) is 0 Å². The van der Waals surface area contributed by atoms with Crippen molar-refractivity contribution in [3.05, 3.63) is 63.7 Å². The monoisotopic (exact) mass is 465 g/mol. The van der Waals surface area contributed by atoms with Crippen molar-refractivity contribution < 1.29 is 18.0 Å². The molecule has 0 radical (unpaired) electrons. The zero-order chi connectivity index (χ0) is 23.7. The number of hydrazone groups is 1. The molecule has 1 N–H and O–H groups in total. The standard InChI is InChI=1S/C24H27ClF3N3O/c1-5-9-31-21-12-20(25)17(11-19(21)15(2)13-23(31,3)4)14-29-30-22(32)16-7-6-8-18(10-16)24(26,27)28/h6-8,10-12,14-15H,5,9,13H2,1-4H3,(H,30,32)/b29-14-. The molecular weight excluding hydrogens is 439 g/mol. The Hall–Kier alpha value is -2.54. The fourth-order valence-electron chi connectivity index (χ4n) is 4.33. The van der Waals surface area contributed by atoms with Gasteiger partial charge >= 0.3 is 6.18 Å². The van der Waals surface area contributed by atoms with E-state index in [1.807, 2.05) is 12.1 Å². The smallest absolute Gasteiger partial charge is 0.366 e. The number of nitrogens with one attached hydrogen (secondary N) is 1. The number of carbonyl (C=O) groups is 1. The molecule has 1 amide bonds. The Morgan fingerprint density at radius 2 is 2.03 bits per heavy atom. The second-order valence-corrected chi connectivity index (χ2v) is 9.19. The molecule has 32 heavy (non-hydrogen) atoms. The van der Waals surface area contributed by atoms with Crippen LogP contribution in [-0.4, -0.2) is 24.2 Å².